The first-order chi connectivity index (χ1) is 13.2. The van der Waals surface area contributed by atoms with E-state index >= 15 is 0 Å². The second kappa shape index (κ2) is 7.72. The van der Waals surface area contributed by atoms with Gasteiger partial charge < -0.3 is 14.4 Å². The number of nitrogens with one attached hydrogen (secondary N) is 1. The summed E-state index contributed by atoms with van der Waals surface area (Å²) in [4.78, 5) is 14.2. The fourth-order valence-corrected chi connectivity index (χ4v) is 3.18. The van der Waals surface area contributed by atoms with Crippen LogP contribution in [0.3, 0.4) is 0 Å². The van der Waals surface area contributed by atoms with E-state index in [2.05, 4.69) is 63.5 Å². The number of rotatable bonds is 7. The maximum Gasteiger partial charge on any atom is 0.231 e. The van der Waals surface area contributed by atoms with Crippen molar-refractivity contribution in [2.24, 2.45) is 0 Å². The highest BCUT2D eigenvalue weighted by atomic mass is 16.5. The topological polar surface area (TPSA) is 70.8 Å². The van der Waals surface area contributed by atoms with Crippen molar-refractivity contribution in [1.82, 2.24) is 25.0 Å². The van der Waals surface area contributed by atoms with E-state index in [0.29, 0.717) is 24.6 Å². The van der Waals surface area contributed by atoms with Gasteiger partial charge in [-0.05, 0) is 55.4 Å². The molecule has 0 aliphatic rings. The second-order valence-electron chi connectivity index (χ2n) is 7.07. The molecule has 3 aromatic heterocycles. The highest BCUT2D eigenvalue weighted by Gasteiger charge is 2.10. The number of pyridine rings is 1. The Bertz CT molecular complexity index is 1020. The van der Waals surface area contributed by atoms with E-state index in [1.807, 2.05) is 18.3 Å². The summed E-state index contributed by atoms with van der Waals surface area (Å²) >= 11 is 0. The number of hydrogen-bond donors (Lipinski definition) is 1. The number of aromatic nitrogens is 4. The molecule has 0 atom stereocenters. The zero-order chi connectivity index (χ0) is 18.6. The van der Waals surface area contributed by atoms with Crippen LogP contribution in [0.5, 0.6) is 0 Å². The van der Waals surface area contributed by atoms with Gasteiger partial charge in [-0.15, -0.1) is 0 Å². The van der Waals surface area contributed by atoms with Gasteiger partial charge >= 0.3 is 0 Å². The van der Waals surface area contributed by atoms with E-state index in [0.717, 1.165) is 24.0 Å². The standard InChI is InChI=1S/C21H23N5O/c1-26(2)9-7-17-14-23-19-6-5-15(10-18(17)19)12-21-24-20(25-27-21)11-16-4-3-8-22-13-16/h3-6,8,10,13-14,23H,7,9,11-12H2,1-2H3. The van der Waals surface area contributed by atoms with Crippen LogP contribution in [-0.2, 0) is 19.3 Å². The summed E-state index contributed by atoms with van der Waals surface area (Å²) in [6.07, 6.45) is 7.97. The lowest BCUT2D eigenvalue weighted by molar-refractivity contribution is 0.380. The Kier molecular flexibility index (Phi) is 4.98. The first kappa shape index (κ1) is 17.4. The Morgan fingerprint density at radius 1 is 1.11 bits per heavy atom. The molecule has 4 aromatic rings. The van der Waals surface area contributed by atoms with Gasteiger partial charge in [0.1, 0.15) is 0 Å². The fourth-order valence-electron chi connectivity index (χ4n) is 3.18. The van der Waals surface area contributed by atoms with Crippen molar-refractivity contribution >= 4 is 10.9 Å². The van der Waals surface area contributed by atoms with E-state index in [9.17, 15) is 0 Å². The average Bonchev–Trinajstić information content (AvgIpc) is 3.27. The number of likely N-dealkylation sites (N-methyl/N-ethyl adjacent to an activating group) is 1. The van der Waals surface area contributed by atoms with Gasteiger partial charge in [-0.3, -0.25) is 4.98 Å². The van der Waals surface area contributed by atoms with Crippen molar-refractivity contribution < 1.29 is 4.52 Å². The Morgan fingerprint density at radius 2 is 2.04 bits per heavy atom. The predicted molar refractivity (Wildman–Crippen MR) is 105 cm³/mol. The molecule has 0 fully saturated rings. The molecule has 6 nitrogen and oxygen atoms in total. The molecule has 0 amide bonds. The molecule has 27 heavy (non-hydrogen) atoms. The number of H-pyrrole nitrogens is 1. The SMILES string of the molecule is CN(C)CCc1c[nH]c2ccc(Cc3nc(Cc4cccnc4)no3)cc12. The molecule has 1 aromatic carbocycles. The molecular weight excluding hydrogens is 338 g/mol. The van der Waals surface area contributed by atoms with Gasteiger partial charge in [-0.25, -0.2) is 0 Å². The third-order valence-corrected chi connectivity index (χ3v) is 4.61. The van der Waals surface area contributed by atoms with Crippen LogP contribution in [0.4, 0.5) is 0 Å². The average molecular weight is 361 g/mol. The van der Waals surface area contributed by atoms with Gasteiger partial charge in [0.15, 0.2) is 5.82 Å². The molecule has 6 heteroatoms. The van der Waals surface area contributed by atoms with E-state index in [4.69, 9.17) is 4.52 Å². The van der Waals surface area contributed by atoms with E-state index in [1.165, 1.54) is 16.5 Å². The smallest absolute Gasteiger partial charge is 0.231 e. The molecule has 4 rings (SSSR count). The summed E-state index contributed by atoms with van der Waals surface area (Å²) in [5.74, 6) is 1.33. The molecule has 0 unspecified atom stereocenters. The molecule has 0 bridgehead atoms. The van der Waals surface area contributed by atoms with Gasteiger partial charge in [0.25, 0.3) is 0 Å². The minimum atomic E-state index is 0.628. The van der Waals surface area contributed by atoms with Crippen LogP contribution in [0.2, 0.25) is 0 Å². The predicted octanol–water partition coefficient (Wildman–Crippen LogP) is 3.23. The molecule has 0 aliphatic heterocycles. The highest BCUT2D eigenvalue weighted by molar-refractivity contribution is 5.84. The maximum atomic E-state index is 5.45. The summed E-state index contributed by atoms with van der Waals surface area (Å²) in [6.45, 7) is 1.03. The lowest BCUT2D eigenvalue weighted by Gasteiger charge is -2.08. The van der Waals surface area contributed by atoms with Crippen LogP contribution in [0.25, 0.3) is 10.9 Å². The van der Waals surface area contributed by atoms with Gasteiger partial charge in [-0.1, -0.05) is 17.3 Å². The minimum Gasteiger partial charge on any atom is -0.361 e. The van der Waals surface area contributed by atoms with Crippen LogP contribution < -0.4 is 0 Å². The lowest BCUT2D eigenvalue weighted by atomic mass is 10.1. The zero-order valence-corrected chi connectivity index (χ0v) is 15.6. The Labute approximate surface area is 158 Å². The van der Waals surface area contributed by atoms with Crippen molar-refractivity contribution in [1.29, 1.82) is 0 Å². The van der Waals surface area contributed by atoms with E-state index in [1.54, 1.807) is 6.20 Å². The van der Waals surface area contributed by atoms with Crippen LogP contribution in [0, 0.1) is 0 Å². The quantitative estimate of drug-likeness (QED) is 0.547. The summed E-state index contributed by atoms with van der Waals surface area (Å²) in [5, 5.41) is 5.37. The number of benzene rings is 1. The molecule has 1 N–H and O–H groups in total. The lowest BCUT2D eigenvalue weighted by Crippen LogP contribution is -2.14. The monoisotopic (exact) mass is 361 g/mol. The molecule has 138 valence electrons. The normalized spacial score (nSPS) is 11.5. The molecule has 0 spiro atoms. The van der Waals surface area contributed by atoms with Crippen LogP contribution in [0.1, 0.15) is 28.4 Å². The molecule has 0 aliphatic carbocycles. The Hall–Kier alpha value is -2.99. The first-order valence-electron chi connectivity index (χ1n) is 9.11. The van der Waals surface area contributed by atoms with Crippen LogP contribution in [0.15, 0.2) is 53.4 Å². The third-order valence-electron chi connectivity index (χ3n) is 4.61. The third kappa shape index (κ3) is 4.23. The van der Waals surface area contributed by atoms with Gasteiger partial charge in [-0.2, -0.15) is 4.98 Å². The summed E-state index contributed by atoms with van der Waals surface area (Å²) in [5.41, 5.74) is 4.74. The number of aromatic amines is 1. The van der Waals surface area contributed by atoms with Crippen molar-refractivity contribution in [3.63, 3.8) is 0 Å². The molecular formula is C21H23N5O. The van der Waals surface area contributed by atoms with Crippen molar-refractivity contribution in [2.75, 3.05) is 20.6 Å². The Balaban J connectivity index is 1.49. The fraction of sp³-hybridized carbons (Fsp3) is 0.286. The van der Waals surface area contributed by atoms with Gasteiger partial charge in [0.05, 0.1) is 6.42 Å². The summed E-state index contributed by atoms with van der Waals surface area (Å²) in [6, 6.07) is 10.4. The van der Waals surface area contributed by atoms with Crippen molar-refractivity contribution in [3.8, 4) is 0 Å². The summed E-state index contributed by atoms with van der Waals surface area (Å²) < 4.78 is 5.45. The van der Waals surface area contributed by atoms with Crippen LogP contribution >= 0.6 is 0 Å². The maximum absolute atomic E-state index is 5.45. The van der Waals surface area contributed by atoms with E-state index in [-0.39, 0.29) is 0 Å². The molecule has 0 radical (unpaired) electrons. The summed E-state index contributed by atoms with van der Waals surface area (Å²) in [7, 11) is 4.19. The highest BCUT2D eigenvalue weighted by Crippen LogP contribution is 2.22. The van der Waals surface area contributed by atoms with E-state index < -0.39 is 0 Å². The largest absolute Gasteiger partial charge is 0.361 e. The van der Waals surface area contributed by atoms with Crippen LogP contribution in [-0.4, -0.2) is 45.6 Å². The minimum absolute atomic E-state index is 0.628. The van der Waals surface area contributed by atoms with Gasteiger partial charge in [0, 0.05) is 42.5 Å². The van der Waals surface area contributed by atoms with Crippen molar-refractivity contribution in [2.45, 2.75) is 19.3 Å². The molecule has 3 heterocycles. The second-order valence-corrected chi connectivity index (χ2v) is 7.07. The number of fused-ring (bicyclic) bond motifs is 1. The molecule has 0 saturated carbocycles. The van der Waals surface area contributed by atoms with Crippen molar-refractivity contribution in [3.05, 3.63) is 77.3 Å². The first-order valence-corrected chi connectivity index (χ1v) is 9.11. The van der Waals surface area contributed by atoms with Gasteiger partial charge in [0.2, 0.25) is 5.89 Å². The number of hydrogen-bond acceptors (Lipinski definition) is 5. The zero-order valence-electron chi connectivity index (χ0n) is 15.6. The number of nitrogens with zero attached hydrogens (tertiary/aromatic N) is 4. The molecule has 0 saturated heterocycles. The Morgan fingerprint density at radius 3 is 2.85 bits per heavy atom.